The first-order valence-corrected chi connectivity index (χ1v) is 15.8. The lowest BCUT2D eigenvalue weighted by Gasteiger charge is -2.22. The molecule has 5 nitrogen and oxygen atoms in total. The number of aromatic nitrogens is 2. The summed E-state index contributed by atoms with van der Waals surface area (Å²) in [6, 6.07) is 17.8. The second kappa shape index (κ2) is 12.3. The van der Waals surface area contributed by atoms with Gasteiger partial charge >= 0.3 is 0 Å². The van der Waals surface area contributed by atoms with Gasteiger partial charge in [-0.1, -0.05) is 63.3 Å². The molecule has 1 fully saturated rings. The van der Waals surface area contributed by atoms with Gasteiger partial charge in [0.2, 0.25) is 0 Å². The molecule has 190 valence electrons. The van der Waals surface area contributed by atoms with Crippen LogP contribution in [0.25, 0.3) is 10.9 Å². The van der Waals surface area contributed by atoms with Crippen molar-refractivity contribution >= 4 is 94.2 Å². The molecule has 0 aliphatic heterocycles. The van der Waals surface area contributed by atoms with Crippen molar-refractivity contribution in [2.75, 3.05) is 0 Å². The maximum absolute atomic E-state index is 13.6. The lowest BCUT2D eigenvalue weighted by atomic mass is 9.88. The SMILES string of the molecule is O=c1c2cc(Br)ccc2nc(C2CCCCC2)n1N=Cc1cc(I)c(OCc2ccc(Br)cc2)c(I)c1. The highest BCUT2D eigenvalue weighted by atomic mass is 127. The Hall–Kier alpha value is -1.31. The smallest absolute Gasteiger partial charge is 0.282 e. The first-order chi connectivity index (χ1) is 17.9. The monoisotopic (exact) mass is 845 g/mol. The van der Waals surface area contributed by atoms with Gasteiger partial charge in [-0.15, -0.1) is 0 Å². The van der Waals surface area contributed by atoms with Crippen LogP contribution in [-0.4, -0.2) is 15.9 Å². The predicted octanol–water partition coefficient (Wildman–Crippen LogP) is 8.64. The van der Waals surface area contributed by atoms with Crippen molar-refractivity contribution in [2.24, 2.45) is 5.10 Å². The van der Waals surface area contributed by atoms with E-state index in [1.54, 1.807) is 6.21 Å². The Balaban J connectivity index is 1.47. The summed E-state index contributed by atoms with van der Waals surface area (Å²) >= 11 is 11.5. The van der Waals surface area contributed by atoms with Gasteiger partial charge in [-0.3, -0.25) is 4.79 Å². The summed E-state index contributed by atoms with van der Waals surface area (Å²) in [7, 11) is 0. The van der Waals surface area contributed by atoms with E-state index in [0.29, 0.717) is 12.0 Å². The average Bonchev–Trinajstić information content (AvgIpc) is 2.89. The Bertz CT molecular complexity index is 1510. The van der Waals surface area contributed by atoms with Crippen LogP contribution in [0.4, 0.5) is 0 Å². The fraction of sp³-hybridized carbons (Fsp3) is 0.250. The van der Waals surface area contributed by atoms with E-state index in [-0.39, 0.29) is 11.5 Å². The molecule has 0 N–H and O–H groups in total. The van der Waals surface area contributed by atoms with E-state index in [1.165, 1.54) is 11.1 Å². The second-order valence-electron chi connectivity index (χ2n) is 9.06. The first-order valence-electron chi connectivity index (χ1n) is 12.0. The molecule has 1 aliphatic rings. The van der Waals surface area contributed by atoms with E-state index in [9.17, 15) is 4.79 Å². The fourth-order valence-electron chi connectivity index (χ4n) is 4.56. The van der Waals surface area contributed by atoms with Gasteiger partial charge in [0, 0.05) is 14.9 Å². The van der Waals surface area contributed by atoms with Crippen molar-refractivity contribution in [3.8, 4) is 5.75 Å². The van der Waals surface area contributed by atoms with E-state index in [2.05, 4.69) is 77.0 Å². The van der Waals surface area contributed by atoms with Gasteiger partial charge in [-0.2, -0.15) is 9.78 Å². The molecule has 0 unspecified atom stereocenters. The zero-order valence-electron chi connectivity index (χ0n) is 19.8. The van der Waals surface area contributed by atoms with Crippen LogP contribution >= 0.6 is 77.0 Å². The molecule has 0 amide bonds. The number of halogens is 4. The summed E-state index contributed by atoms with van der Waals surface area (Å²) in [5.41, 5.74) is 2.59. The van der Waals surface area contributed by atoms with E-state index >= 15 is 0 Å². The Morgan fingerprint density at radius 3 is 2.35 bits per heavy atom. The first kappa shape index (κ1) is 27.3. The van der Waals surface area contributed by atoms with Gasteiger partial charge in [-0.05, 0) is 112 Å². The molecule has 1 aliphatic carbocycles. The Morgan fingerprint density at radius 1 is 0.973 bits per heavy atom. The summed E-state index contributed by atoms with van der Waals surface area (Å²) in [4.78, 5) is 18.5. The quantitative estimate of drug-likeness (QED) is 0.144. The van der Waals surface area contributed by atoms with Crippen molar-refractivity contribution in [3.05, 3.63) is 98.0 Å². The van der Waals surface area contributed by atoms with Gasteiger partial charge in [0.05, 0.1) is 24.3 Å². The van der Waals surface area contributed by atoms with Crippen molar-refractivity contribution in [2.45, 2.75) is 44.6 Å². The van der Waals surface area contributed by atoms with Crippen molar-refractivity contribution < 1.29 is 4.74 Å². The highest BCUT2D eigenvalue weighted by Crippen LogP contribution is 2.32. The van der Waals surface area contributed by atoms with Crippen LogP contribution in [0, 0.1) is 7.14 Å². The number of hydrogen-bond donors (Lipinski definition) is 0. The molecule has 1 heterocycles. The molecular weight excluding hydrogens is 824 g/mol. The molecule has 1 aromatic heterocycles. The summed E-state index contributed by atoms with van der Waals surface area (Å²) in [6.07, 6.45) is 7.36. The van der Waals surface area contributed by atoms with Gasteiger partial charge in [0.25, 0.3) is 5.56 Å². The summed E-state index contributed by atoms with van der Waals surface area (Å²) < 4.78 is 11.5. The van der Waals surface area contributed by atoms with E-state index in [0.717, 1.165) is 70.0 Å². The van der Waals surface area contributed by atoms with Crippen LogP contribution < -0.4 is 10.3 Å². The highest BCUT2D eigenvalue weighted by molar-refractivity contribution is 14.1. The number of hydrogen-bond acceptors (Lipinski definition) is 4. The molecule has 5 rings (SSSR count). The zero-order valence-corrected chi connectivity index (χ0v) is 27.3. The summed E-state index contributed by atoms with van der Waals surface area (Å²) in [6.45, 7) is 0.491. The number of benzene rings is 3. The van der Waals surface area contributed by atoms with Gasteiger partial charge in [-0.25, -0.2) is 4.98 Å². The van der Waals surface area contributed by atoms with Gasteiger partial charge in [0.15, 0.2) is 0 Å². The molecule has 0 atom stereocenters. The third kappa shape index (κ3) is 6.47. The third-order valence-electron chi connectivity index (χ3n) is 6.44. The molecule has 3 aromatic carbocycles. The zero-order chi connectivity index (χ0) is 25.9. The Kier molecular flexibility index (Phi) is 9.03. The number of nitrogens with zero attached hydrogens (tertiary/aromatic N) is 3. The van der Waals surface area contributed by atoms with E-state index < -0.39 is 0 Å². The van der Waals surface area contributed by atoms with Crippen LogP contribution in [0.2, 0.25) is 0 Å². The van der Waals surface area contributed by atoms with Gasteiger partial charge < -0.3 is 4.74 Å². The highest BCUT2D eigenvalue weighted by Gasteiger charge is 2.22. The number of fused-ring (bicyclic) bond motifs is 1. The predicted molar refractivity (Wildman–Crippen MR) is 173 cm³/mol. The second-order valence-corrected chi connectivity index (χ2v) is 13.2. The van der Waals surface area contributed by atoms with Crippen molar-refractivity contribution in [1.29, 1.82) is 0 Å². The summed E-state index contributed by atoms with van der Waals surface area (Å²) in [5, 5.41) is 5.26. The maximum atomic E-state index is 13.6. The number of rotatable bonds is 6. The molecule has 0 spiro atoms. The van der Waals surface area contributed by atoms with E-state index in [4.69, 9.17) is 14.8 Å². The van der Waals surface area contributed by atoms with Crippen molar-refractivity contribution in [3.63, 3.8) is 0 Å². The van der Waals surface area contributed by atoms with Crippen LogP contribution in [0.3, 0.4) is 0 Å². The molecular formula is C28H23Br2I2N3O2. The lowest BCUT2D eigenvalue weighted by molar-refractivity contribution is 0.301. The van der Waals surface area contributed by atoms with Crippen LogP contribution in [0.15, 0.2) is 73.4 Å². The van der Waals surface area contributed by atoms with Crippen molar-refractivity contribution in [1.82, 2.24) is 9.66 Å². The van der Waals surface area contributed by atoms with Crippen LogP contribution in [-0.2, 0) is 6.61 Å². The minimum absolute atomic E-state index is 0.137. The molecule has 0 bridgehead atoms. The maximum Gasteiger partial charge on any atom is 0.282 e. The van der Waals surface area contributed by atoms with Crippen LogP contribution in [0.1, 0.15) is 55.0 Å². The van der Waals surface area contributed by atoms with Crippen LogP contribution in [0.5, 0.6) is 5.75 Å². The Morgan fingerprint density at radius 2 is 1.65 bits per heavy atom. The van der Waals surface area contributed by atoms with Gasteiger partial charge in [0.1, 0.15) is 18.2 Å². The minimum Gasteiger partial charge on any atom is -0.487 e. The largest absolute Gasteiger partial charge is 0.487 e. The summed E-state index contributed by atoms with van der Waals surface area (Å²) in [5.74, 6) is 1.84. The third-order valence-corrected chi connectivity index (χ3v) is 9.07. The number of ether oxygens (including phenoxy) is 1. The van der Waals surface area contributed by atoms with E-state index in [1.807, 2.05) is 54.6 Å². The molecule has 0 radical (unpaired) electrons. The fourth-order valence-corrected chi connectivity index (χ4v) is 7.31. The normalized spacial score (nSPS) is 14.5. The molecule has 0 saturated heterocycles. The molecule has 37 heavy (non-hydrogen) atoms. The standard InChI is InChI=1S/C28H23Br2I2N3O2/c29-20-8-6-17(7-9-20)16-37-26-23(31)12-18(13-24(26)32)15-33-35-27(19-4-2-1-3-5-19)34-25-11-10-21(30)14-22(25)28(35)36/h6-15,19H,1-5,16H2. The molecule has 1 saturated carbocycles. The molecule has 4 aromatic rings. The lowest BCUT2D eigenvalue weighted by Crippen LogP contribution is -2.25. The molecule has 9 heteroatoms. The minimum atomic E-state index is -0.137. The topological polar surface area (TPSA) is 56.5 Å². The average molecular weight is 847 g/mol. The Labute approximate surface area is 259 Å².